The van der Waals surface area contributed by atoms with Crippen molar-refractivity contribution in [2.24, 2.45) is 0 Å². The maximum atomic E-state index is 14.0. The first-order valence-corrected chi connectivity index (χ1v) is 8.90. The highest BCUT2D eigenvalue weighted by Crippen LogP contribution is 2.47. The van der Waals surface area contributed by atoms with Crippen LogP contribution in [0.3, 0.4) is 0 Å². The van der Waals surface area contributed by atoms with E-state index in [0.717, 1.165) is 32.7 Å². The molecule has 2 N–H and O–H groups in total. The normalized spacial score (nSPS) is 13.0. The van der Waals surface area contributed by atoms with Gasteiger partial charge in [-0.15, -0.1) is 11.3 Å². The molecule has 3 nitrogen and oxygen atoms in total. The van der Waals surface area contributed by atoms with Gasteiger partial charge in [-0.3, -0.25) is 0 Å². The number of aryl methyl sites for hydroxylation is 1. The number of rotatable bonds is 2. The van der Waals surface area contributed by atoms with Crippen LogP contribution in [0.15, 0.2) is 41.8 Å². The summed E-state index contributed by atoms with van der Waals surface area (Å²) in [6.07, 6.45) is 0.573. The Kier molecular flexibility index (Phi) is 3.78. The molecule has 0 fully saturated rings. The zero-order chi connectivity index (χ0) is 18.4. The molecule has 4 rings (SSSR count). The van der Waals surface area contributed by atoms with Gasteiger partial charge in [0, 0.05) is 5.57 Å². The van der Waals surface area contributed by atoms with E-state index in [9.17, 15) is 19.9 Å². The fourth-order valence-electron chi connectivity index (χ4n) is 3.47. The van der Waals surface area contributed by atoms with Gasteiger partial charge in [-0.25, -0.2) is 4.39 Å². The molecule has 1 aromatic heterocycles. The number of nitrogens with zero attached hydrogens (tertiary/aromatic N) is 1. The second kappa shape index (κ2) is 6.01. The number of nitriles is 1. The fraction of sp³-hybridized carbons (Fsp3) is 0.0952. The van der Waals surface area contributed by atoms with Gasteiger partial charge in [0.15, 0.2) is 11.6 Å². The highest BCUT2D eigenvalue weighted by Gasteiger charge is 2.28. The minimum Gasteiger partial charge on any atom is -0.508 e. The van der Waals surface area contributed by atoms with Crippen molar-refractivity contribution in [3.05, 3.63) is 80.3 Å². The summed E-state index contributed by atoms with van der Waals surface area (Å²) < 4.78 is 14.0. The van der Waals surface area contributed by atoms with E-state index < -0.39 is 11.6 Å². The number of thiophene rings is 1. The van der Waals surface area contributed by atoms with E-state index in [1.165, 1.54) is 23.5 Å². The molecule has 0 atom stereocenters. The monoisotopic (exact) mass is 363 g/mol. The van der Waals surface area contributed by atoms with Crippen molar-refractivity contribution in [1.29, 1.82) is 5.26 Å². The molecule has 0 saturated carbocycles. The Bertz CT molecular complexity index is 1120. The maximum Gasteiger partial charge on any atom is 0.165 e. The molecule has 0 saturated heterocycles. The predicted octanol–water partition coefficient (Wildman–Crippen LogP) is 4.99. The molecule has 0 spiro atoms. The molecular formula is C21H14FNO2S. The van der Waals surface area contributed by atoms with E-state index >= 15 is 0 Å². The van der Waals surface area contributed by atoms with Crippen LogP contribution in [0.2, 0.25) is 0 Å². The lowest BCUT2D eigenvalue weighted by molar-refractivity contribution is 0.432. The number of allylic oxidation sites excluding steroid dienone is 1. The molecule has 0 amide bonds. The average Bonchev–Trinajstić information content (AvgIpc) is 3.21. The maximum absolute atomic E-state index is 14.0. The van der Waals surface area contributed by atoms with Crippen LogP contribution in [-0.4, -0.2) is 10.2 Å². The lowest BCUT2D eigenvalue weighted by Gasteiger charge is -2.09. The molecule has 1 aliphatic carbocycles. The number of phenolic OH excluding ortho intramolecular Hbond substituents is 2. The van der Waals surface area contributed by atoms with Crippen LogP contribution in [0.1, 0.15) is 32.7 Å². The van der Waals surface area contributed by atoms with Gasteiger partial charge in [0.1, 0.15) is 11.8 Å². The third-order valence-corrected chi connectivity index (χ3v) is 5.62. The first kappa shape index (κ1) is 16.4. The fourth-order valence-corrected chi connectivity index (χ4v) is 4.41. The van der Waals surface area contributed by atoms with E-state index in [1.54, 1.807) is 24.3 Å². The first-order chi connectivity index (χ1) is 12.5. The summed E-state index contributed by atoms with van der Waals surface area (Å²) >= 11 is 1.45. The van der Waals surface area contributed by atoms with Gasteiger partial charge in [-0.2, -0.15) is 5.26 Å². The van der Waals surface area contributed by atoms with E-state index in [-0.39, 0.29) is 5.75 Å². The van der Waals surface area contributed by atoms with E-state index in [1.807, 2.05) is 12.3 Å². The third-order valence-electron chi connectivity index (χ3n) is 4.69. The molecule has 5 heteroatoms. The third kappa shape index (κ3) is 2.47. The minimum atomic E-state index is -0.684. The Labute approximate surface area is 153 Å². The standard InChI is InChI=1S/C21H14FNO2S/c1-11-6-14(24)8-17-15(11)9-16(12-2-3-19(25)18(22)7-12)20(17)21-13(10-23)4-5-26-21/h2-8,24-25H,9H2,1H3. The smallest absolute Gasteiger partial charge is 0.165 e. The van der Waals surface area contributed by atoms with E-state index in [0.29, 0.717) is 17.5 Å². The number of aromatic hydroxyl groups is 2. The number of hydrogen-bond donors (Lipinski definition) is 2. The summed E-state index contributed by atoms with van der Waals surface area (Å²) in [5, 5.41) is 30.9. The van der Waals surface area contributed by atoms with Crippen molar-refractivity contribution < 1.29 is 14.6 Å². The molecule has 128 valence electrons. The second-order valence-electron chi connectivity index (χ2n) is 6.26. The quantitative estimate of drug-likeness (QED) is 0.674. The Balaban J connectivity index is 2.03. The topological polar surface area (TPSA) is 64.2 Å². The summed E-state index contributed by atoms with van der Waals surface area (Å²) in [6, 6.07) is 11.7. The van der Waals surface area contributed by atoms with Gasteiger partial charge in [0.2, 0.25) is 0 Å². The van der Waals surface area contributed by atoms with Crippen molar-refractivity contribution in [3.63, 3.8) is 0 Å². The molecule has 0 bridgehead atoms. The number of benzene rings is 2. The van der Waals surface area contributed by atoms with Gasteiger partial charge in [0.25, 0.3) is 0 Å². The lowest BCUT2D eigenvalue weighted by Crippen LogP contribution is -1.90. The second-order valence-corrected chi connectivity index (χ2v) is 7.18. The number of halogens is 1. The highest BCUT2D eigenvalue weighted by molar-refractivity contribution is 7.11. The largest absolute Gasteiger partial charge is 0.508 e. The summed E-state index contributed by atoms with van der Waals surface area (Å²) in [7, 11) is 0. The van der Waals surface area contributed by atoms with Crippen molar-refractivity contribution in [2.75, 3.05) is 0 Å². The first-order valence-electron chi connectivity index (χ1n) is 8.02. The number of phenols is 2. The van der Waals surface area contributed by atoms with Crippen molar-refractivity contribution in [3.8, 4) is 17.6 Å². The predicted molar refractivity (Wildman–Crippen MR) is 99.6 cm³/mol. The van der Waals surface area contributed by atoms with Crippen LogP contribution in [0.4, 0.5) is 4.39 Å². The van der Waals surface area contributed by atoms with Crippen LogP contribution in [0, 0.1) is 24.1 Å². The molecule has 26 heavy (non-hydrogen) atoms. The molecule has 0 radical (unpaired) electrons. The van der Waals surface area contributed by atoms with Gasteiger partial charge >= 0.3 is 0 Å². The summed E-state index contributed by atoms with van der Waals surface area (Å²) in [5.41, 5.74) is 5.80. The van der Waals surface area contributed by atoms with Crippen molar-refractivity contribution in [1.82, 2.24) is 0 Å². The molecule has 0 aliphatic heterocycles. The number of fused-ring (bicyclic) bond motifs is 1. The lowest BCUT2D eigenvalue weighted by atomic mass is 9.97. The summed E-state index contributed by atoms with van der Waals surface area (Å²) in [4.78, 5) is 0.805. The Morgan fingerprint density at radius 3 is 2.69 bits per heavy atom. The Hall–Kier alpha value is -3.10. The summed E-state index contributed by atoms with van der Waals surface area (Å²) in [6.45, 7) is 1.93. The summed E-state index contributed by atoms with van der Waals surface area (Å²) in [5.74, 6) is -0.919. The van der Waals surface area contributed by atoms with Crippen LogP contribution in [-0.2, 0) is 6.42 Å². The zero-order valence-electron chi connectivity index (χ0n) is 13.9. The van der Waals surface area contributed by atoms with E-state index in [2.05, 4.69) is 6.07 Å². The van der Waals surface area contributed by atoms with Gasteiger partial charge in [0.05, 0.1) is 10.4 Å². The van der Waals surface area contributed by atoms with E-state index in [4.69, 9.17) is 0 Å². The Morgan fingerprint density at radius 1 is 1.15 bits per heavy atom. The zero-order valence-corrected chi connectivity index (χ0v) is 14.7. The van der Waals surface area contributed by atoms with Gasteiger partial charge in [-0.1, -0.05) is 6.07 Å². The van der Waals surface area contributed by atoms with Crippen LogP contribution >= 0.6 is 11.3 Å². The molecule has 1 heterocycles. The molecule has 2 aromatic carbocycles. The molecule has 0 unspecified atom stereocenters. The molecule has 1 aliphatic rings. The van der Waals surface area contributed by atoms with Gasteiger partial charge in [-0.05, 0) is 76.9 Å². The van der Waals surface area contributed by atoms with Crippen LogP contribution in [0.25, 0.3) is 11.1 Å². The SMILES string of the molecule is Cc1cc(O)cc2c1CC(c1ccc(O)c(F)c1)=C2c1sccc1C#N. The van der Waals surface area contributed by atoms with Crippen molar-refractivity contribution >= 4 is 22.5 Å². The molecular weight excluding hydrogens is 349 g/mol. The minimum absolute atomic E-state index is 0.159. The number of hydrogen-bond acceptors (Lipinski definition) is 4. The van der Waals surface area contributed by atoms with Crippen LogP contribution in [0.5, 0.6) is 11.5 Å². The van der Waals surface area contributed by atoms with Gasteiger partial charge < -0.3 is 10.2 Å². The Morgan fingerprint density at radius 2 is 1.96 bits per heavy atom. The average molecular weight is 363 g/mol. The highest BCUT2D eigenvalue weighted by atomic mass is 32.1. The van der Waals surface area contributed by atoms with Crippen LogP contribution < -0.4 is 0 Å². The van der Waals surface area contributed by atoms with Crippen molar-refractivity contribution in [2.45, 2.75) is 13.3 Å². The molecule has 3 aromatic rings.